The van der Waals surface area contributed by atoms with Gasteiger partial charge in [0.05, 0.1) is 27.9 Å². The Morgan fingerprint density at radius 2 is 0.933 bits per heavy atom. The smallest absolute Gasteiger partial charge is 0.162 e. The standard InChI is InChI=1S/C55H34N4O/c1-3-15-35(16-4-1)46-34-47(36-29-31-40(32-30-36)59-48-26-10-7-21-42(48)43-22-8-11-27-49(43)59)57-55(56-46)39-20-13-19-38(33-39)41-24-14-25-45-51-44-23-9-12-28-50(44)60-54(51)52(58-53(41)45)37-17-5-2-6-18-37/h1-34H. The van der Waals surface area contributed by atoms with Crippen LogP contribution in [0.1, 0.15) is 0 Å². The van der Waals surface area contributed by atoms with Crippen LogP contribution in [0.4, 0.5) is 0 Å². The van der Waals surface area contributed by atoms with Crippen molar-refractivity contribution in [2.75, 3.05) is 0 Å². The highest BCUT2D eigenvalue weighted by Gasteiger charge is 2.20. The van der Waals surface area contributed by atoms with Gasteiger partial charge in [-0.15, -0.1) is 0 Å². The minimum atomic E-state index is 0.654. The number of aromatic nitrogens is 4. The second-order valence-electron chi connectivity index (χ2n) is 15.2. The maximum Gasteiger partial charge on any atom is 0.162 e. The molecule has 0 saturated heterocycles. The quantitative estimate of drug-likeness (QED) is 0.169. The second kappa shape index (κ2) is 13.8. The molecule has 0 radical (unpaired) electrons. The summed E-state index contributed by atoms with van der Waals surface area (Å²) >= 11 is 0. The third-order valence-electron chi connectivity index (χ3n) is 11.6. The van der Waals surface area contributed by atoms with Gasteiger partial charge in [0, 0.05) is 60.4 Å². The summed E-state index contributed by atoms with van der Waals surface area (Å²) in [5.74, 6) is 0.654. The summed E-state index contributed by atoms with van der Waals surface area (Å²) in [4.78, 5) is 15.9. The summed E-state index contributed by atoms with van der Waals surface area (Å²) in [5, 5.41) is 5.68. The van der Waals surface area contributed by atoms with Crippen LogP contribution in [0.2, 0.25) is 0 Å². The van der Waals surface area contributed by atoms with Crippen LogP contribution in [0, 0.1) is 0 Å². The lowest BCUT2D eigenvalue weighted by molar-refractivity contribution is 0.669. The van der Waals surface area contributed by atoms with Gasteiger partial charge >= 0.3 is 0 Å². The van der Waals surface area contributed by atoms with E-state index in [1.807, 2.05) is 36.4 Å². The number of para-hydroxylation sites is 4. The minimum absolute atomic E-state index is 0.654. The molecule has 4 heterocycles. The Balaban J connectivity index is 1.00. The molecule has 12 rings (SSSR count). The largest absolute Gasteiger partial charge is 0.454 e. The van der Waals surface area contributed by atoms with E-state index >= 15 is 0 Å². The first-order valence-electron chi connectivity index (χ1n) is 20.2. The molecule has 0 atom stereocenters. The Labute approximate surface area is 345 Å². The monoisotopic (exact) mass is 766 g/mol. The van der Waals surface area contributed by atoms with Crippen molar-refractivity contribution >= 4 is 54.6 Å². The van der Waals surface area contributed by atoms with Gasteiger partial charge in [-0.2, -0.15) is 0 Å². The van der Waals surface area contributed by atoms with E-state index in [9.17, 15) is 0 Å². The first kappa shape index (κ1) is 33.9. The fourth-order valence-corrected chi connectivity index (χ4v) is 8.82. The lowest BCUT2D eigenvalue weighted by Gasteiger charge is -2.13. The summed E-state index contributed by atoms with van der Waals surface area (Å²) in [7, 11) is 0. The minimum Gasteiger partial charge on any atom is -0.454 e. The molecular formula is C55H34N4O. The average Bonchev–Trinajstić information content (AvgIpc) is 3.88. The number of rotatable bonds is 6. The number of hydrogen-bond donors (Lipinski definition) is 0. The Kier molecular flexibility index (Phi) is 7.78. The topological polar surface area (TPSA) is 56.7 Å². The molecule has 0 spiro atoms. The van der Waals surface area contributed by atoms with Gasteiger partial charge in [0.2, 0.25) is 0 Å². The van der Waals surface area contributed by atoms with Gasteiger partial charge in [-0.3, -0.25) is 0 Å². The zero-order valence-corrected chi connectivity index (χ0v) is 32.3. The van der Waals surface area contributed by atoms with Crippen LogP contribution in [0.3, 0.4) is 0 Å². The van der Waals surface area contributed by atoms with E-state index < -0.39 is 0 Å². The first-order chi connectivity index (χ1) is 29.7. The van der Waals surface area contributed by atoms with Crippen LogP contribution in [0.25, 0.3) is 117 Å². The van der Waals surface area contributed by atoms with E-state index in [0.717, 1.165) is 89.0 Å². The van der Waals surface area contributed by atoms with Crippen molar-refractivity contribution in [3.8, 4) is 62.0 Å². The number of benzene rings is 8. The van der Waals surface area contributed by atoms with Gasteiger partial charge in [-0.1, -0.05) is 164 Å². The molecule has 60 heavy (non-hydrogen) atoms. The van der Waals surface area contributed by atoms with E-state index in [1.54, 1.807) is 0 Å². The molecule has 0 aliphatic rings. The van der Waals surface area contributed by atoms with Crippen LogP contribution in [0.15, 0.2) is 211 Å². The number of pyridine rings is 1. The fourth-order valence-electron chi connectivity index (χ4n) is 8.82. The van der Waals surface area contributed by atoms with Gasteiger partial charge in [0.15, 0.2) is 11.4 Å². The van der Waals surface area contributed by atoms with Crippen LogP contribution in [0.5, 0.6) is 0 Å². The average molecular weight is 767 g/mol. The lowest BCUT2D eigenvalue weighted by atomic mass is 9.96. The van der Waals surface area contributed by atoms with E-state index in [2.05, 4.69) is 174 Å². The van der Waals surface area contributed by atoms with Gasteiger partial charge in [0.1, 0.15) is 11.3 Å². The van der Waals surface area contributed by atoms with E-state index in [1.165, 1.54) is 21.8 Å². The molecule has 0 fully saturated rings. The van der Waals surface area contributed by atoms with Crippen LogP contribution in [-0.4, -0.2) is 19.5 Å². The fraction of sp³-hybridized carbons (Fsp3) is 0. The lowest BCUT2D eigenvalue weighted by Crippen LogP contribution is -1.97. The highest BCUT2D eigenvalue weighted by atomic mass is 16.3. The van der Waals surface area contributed by atoms with Crippen molar-refractivity contribution < 1.29 is 4.42 Å². The van der Waals surface area contributed by atoms with Crippen LogP contribution < -0.4 is 0 Å². The molecule has 0 N–H and O–H groups in total. The Hall–Kier alpha value is -8.15. The molecule has 0 saturated carbocycles. The number of nitrogens with zero attached hydrogens (tertiary/aromatic N) is 4. The summed E-state index contributed by atoms with van der Waals surface area (Å²) in [6.07, 6.45) is 0. The highest BCUT2D eigenvalue weighted by Crippen LogP contribution is 2.42. The molecule has 0 bridgehead atoms. The van der Waals surface area contributed by atoms with Gasteiger partial charge in [0.25, 0.3) is 0 Å². The number of hydrogen-bond acceptors (Lipinski definition) is 4. The van der Waals surface area contributed by atoms with Crippen molar-refractivity contribution in [1.29, 1.82) is 0 Å². The van der Waals surface area contributed by atoms with E-state index in [0.29, 0.717) is 5.82 Å². The molecule has 0 aliphatic heterocycles. The van der Waals surface area contributed by atoms with Crippen LogP contribution in [-0.2, 0) is 0 Å². The van der Waals surface area contributed by atoms with Crippen molar-refractivity contribution in [3.05, 3.63) is 206 Å². The molecule has 0 amide bonds. The van der Waals surface area contributed by atoms with Crippen LogP contribution >= 0.6 is 0 Å². The zero-order valence-electron chi connectivity index (χ0n) is 32.3. The molecular weight excluding hydrogens is 733 g/mol. The molecule has 0 unspecified atom stereocenters. The molecule has 4 aromatic heterocycles. The Bertz CT molecular complexity index is 3530. The third kappa shape index (κ3) is 5.52. The van der Waals surface area contributed by atoms with Gasteiger partial charge in [-0.05, 0) is 48.0 Å². The predicted molar refractivity (Wildman–Crippen MR) is 246 cm³/mol. The van der Waals surface area contributed by atoms with Crippen molar-refractivity contribution in [2.45, 2.75) is 0 Å². The Morgan fingerprint density at radius 1 is 0.383 bits per heavy atom. The Morgan fingerprint density at radius 3 is 1.65 bits per heavy atom. The summed E-state index contributed by atoms with van der Waals surface area (Å²) in [6.45, 7) is 0. The van der Waals surface area contributed by atoms with E-state index in [-0.39, 0.29) is 0 Å². The van der Waals surface area contributed by atoms with Crippen molar-refractivity contribution in [2.24, 2.45) is 0 Å². The van der Waals surface area contributed by atoms with Crippen molar-refractivity contribution in [3.63, 3.8) is 0 Å². The maximum atomic E-state index is 6.54. The zero-order chi connectivity index (χ0) is 39.6. The van der Waals surface area contributed by atoms with Gasteiger partial charge < -0.3 is 8.98 Å². The SMILES string of the molecule is c1ccc(-c2cc(-c3ccc(-n4c5ccccc5c5ccccc54)cc3)nc(-c3cccc(-c4cccc5c4nc(-c4ccccc4)c4oc6ccccc6c45)c3)n2)cc1. The first-order valence-corrected chi connectivity index (χ1v) is 20.2. The summed E-state index contributed by atoms with van der Waals surface area (Å²) in [5.41, 5.74) is 14.6. The molecule has 0 aliphatic carbocycles. The number of fused-ring (bicyclic) bond motifs is 8. The second-order valence-corrected chi connectivity index (χ2v) is 15.2. The molecule has 8 aromatic carbocycles. The maximum absolute atomic E-state index is 6.54. The molecule has 280 valence electrons. The molecule has 12 aromatic rings. The number of furan rings is 1. The van der Waals surface area contributed by atoms with E-state index in [4.69, 9.17) is 19.4 Å². The predicted octanol–water partition coefficient (Wildman–Crippen LogP) is 14.4. The summed E-state index contributed by atoms with van der Waals surface area (Å²) in [6, 6.07) is 71.8. The normalized spacial score (nSPS) is 11.7. The highest BCUT2D eigenvalue weighted by molar-refractivity contribution is 6.22. The van der Waals surface area contributed by atoms with Gasteiger partial charge in [-0.25, -0.2) is 15.0 Å². The van der Waals surface area contributed by atoms with Crippen molar-refractivity contribution in [1.82, 2.24) is 19.5 Å². The third-order valence-corrected chi connectivity index (χ3v) is 11.6. The summed E-state index contributed by atoms with van der Waals surface area (Å²) < 4.78 is 8.88. The molecule has 5 heteroatoms. The molecule has 5 nitrogen and oxygen atoms in total.